The van der Waals surface area contributed by atoms with Crippen LogP contribution in [0.25, 0.3) is 5.69 Å². The van der Waals surface area contributed by atoms with Crippen LogP contribution < -0.4 is 11.5 Å². The number of carbonyl (C=O) groups excluding carboxylic acids is 1. The Morgan fingerprint density at radius 2 is 1.96 bits per heavy atom. The first kappa shape index (κ1) is 16.9. The first-order valence-corrected chi connectivity index (χ1v) is 7.28. The zero-order valence-electron chi connectivity index (χ0n) is 12.7. The Morgan fingerprint density at radius 1 is 1.28 bits per heavy atom. The SMILES string of the molecule is NC(N)=NC(=O)c1cnn(-c2c(F)cccc2C(F)(F)F)c1C1CC1. The number of guanidine groups is 1. The molecule has 0 saturated heterocycles. The first-order valence-electron chi connectivity index (χ1n) is 7.28. The number of aliphatic imine (C=N–C) groups is 1. The van der Waals surface area contributed by atoms with Gasteiger partial charge in [0.1, 0.15) is 11.5 Å². The van der Waals surface area contributed by atoms with Crippen LogP contribution in [0.1, 0.15) is 40.4 Å². The van der Waals surface area contributed by atoms with E-state index in [0.717, 1.165) is 29.1 Å². The molecule has 1 aromatic heterocycles. The van der Waals surface area contributed by atoms with E-state index in [4.69, 9.17) is 11.5 Å². The standard InChI is InChI=1S/C15H13F4N5O/c16-10-3-1-2-9(15(17,18)19)12(10)24-11(7-4-5-7)8(6-22-24)13(25)23-14(20)21/h1-3,6-7H,4-5H2,(H4,20,21,23,25). The molecule has 1 saturated carbocycles. The van der Waals surface area contributed by atoms with Gasteiger partial charge in [0.25, 0.3) is 5.91 Å². The van der Waals surface area contributed by atoms with Crippen LogP contribution in [0.2, 0.25) is 0 Å². The van der Waals surface area contributed by atoms with Crippen molar-refractivity contribution in [1.29, 1.82) is 0 Å². The smallest absolute Gasteiger partial charge is 0.370 e. The van der Waals surface area contributed by atoms with Gasteiger partial charge < -0.3 is 11.5 Å². The minimum atomic E-state index is -4.78. The molecule has 4 N–H and O–H groups in total. The number of hydrogen-bond acceptors (Lipinski definition) is 2. The van der Waals surface area contributed by atoms with Crippen LogP contribution in [-0.2, 0) is 6.18 Å². The van der Waals surface area contributed by atoms with E-state index < -0.39 is 35.1 Å². The maximum Gasteiger partial charge on any atom is 0.418 e. The van der Waals surface area contributed by atoms with Crippen molar-refractivity contribution in [2.75, 3.05) is 0 Å². The summed E-state index contributed by atoms with van der Waals surface area (Å²) in [5, 5.41) is 3.82. The van der Waals surface area contributed by atoms with E-state index >= 15 is 0 Å². The molecule has 2 aromatic rings. The quantitative estimate of drug-likeness (QED) is 0.501. The van der Waals surface area contributed by atoms with E-state index in [1.165, 1.54) is 0 Å². The van der Waals surface area contributed by atoms with Gasteiger partial charge in [0, 0.05) is 5.92 Å². The summed E-state index contributed by atoms with van der Waals surface area (Å²) in [7, 11) is 0. The second kappa shape index (κ2) is 5.87. The van der Waals surface area contributed by atoms with Gasteiger partial charge in [0.15, 0.2) is 5.96 Å². The van der Waals surface area contributed by atoms with Crippen molar-refractivity contribution in [3.63, 3.8) is 0 Å². The number of halogens is 4. The molecule has 0 atom stereocenters. The Kier molecular flexibility index (Phi) is 3.97. The number of para-hydroxylation sites is 1. The maximum absolute atomic E-state index is 14.2. The number of hydrogen-bond donors (Lipinski definition) is 2. The number of benzene rings is 1. The van der Waals surface area contributed by atoms with E-state index in [2.05, 4.69) is 10.1 Å². The van der Waals surface area contributed by atoms with Crippen molar-refractivity contribution in [1.82, 2.24) is 9.78 Å². The van der Waals surface area contributed by atoms with Crippen molar-refractivity contribution >= 4 is 11.9 Å². The highest BCUT2D eigenvalue weighted by Gasteiger charge is 2.39. The number of aromatic nitrogens is 2. The number of nitrogens with two attached hydrogens (primary N) is 2. The lowest BCUT2D eigenvalue weighted by molar-refractivity contribution is -0.137. The second-order valence-electron chi connectivity index (χ2n) is 5.61. The van der Waals surface area contributed by atoms with E-state index in [0.29, 0.717) is 12.8 Å². The third kappa shape index (κ3) is 3.19. The Hall–Kier alpha value is -2.91. The fourth-order valence-electron chi connectivity index (χ4n) is 2.59. The largest absolute Gasteiger partial charge is 0.418 e. The summed E-state index contributed by atoms with van der Waals surface area (Å²) >= 11 is 0. The molecule has 6 nitrogen and oxygen atoms in total. The summed E-state index contributed by atoms with van der Waals surface area (Å²) in [5.41, 5.74) is 8.52. The molecule has 0 unspecified atom stereocenters. The summed E-state index contributed by atoms with van der Waals surface area (Å²) in [6, 6.07) is 2.63. The molecule has 0 spiro atoms. The molecule has 132 valence electrons. The number of rotatable bonds is 3. The molecule has 1 heterocycles. The number of alkyl halides is 3. The zero-order valence-corrected chi connectivity index (χ0v) is 12.7. The lowest BCUT2D eigenvalue weighted by Gasteiger charge is -2.16. The summed E-state index contributed by atoms with van der Waals surface area (Å²) in [6.45, 7) is 0. The van der Waals surface area contributed by atoms with Crippen LogP contribution in [0.15, 0.2) is 29.4 Å². The van der Waals surface area contributed by atoms with Crippen molar-refractivity contribution in [3.8, 4) is 5.69 Å². The minimum Gasteiger partial charge on any atom is -0.370 e. The lowest BCUT2D eigenvalue weighted by Crippen LogP contribution is -2.24. The van der Waals surface area contributed by atoms with Gasteiger partial charge >= 0.3 is 6.18 Å². The average Bonchev–Trinajstić information content (AvgIpc) is 3.24. The molecule has 1 aliphatic carbocycles. The van der Waals surface area contributed by atoms with Gasteiger partial charge in [-0.1, -0.05) is 6.07 Å². The Bertz CT molecular complexity index is 863. The predicted octanol–water partition coefficient (Wildman–Crippen LogP) is 2.32. The molecular weight excluding hydrogens is 342 g/mol. The van der Waals surface area contributed by atoms with Crippen LogP contribution in [0, 0.1) is 5.82 Å². The molecule has 1 aromatic carbocycles. The summed E-state index contributed by atoms with van der Waals surface area (Å²) < 4.78 is 54.9. The van der Waals surface area contributed by atoms with Crippen molar-refractivity contribution in [2.24, 2.45) is 16.5 Å². The Labute approximate surface area is 139 Å². The van der Waals surface area contributed by atoms with Crippen LogP contribution >= 0.6 is 0 Å². The molecule has 10 heteroatoms. The summed E-state index contributed by atoms with van der Waals surface area (Å²) in [4.78, 5) is 15.5. The van der Waals surface area contributed by atoms with Crippen molar-refractivity contribution < 1.29 is 22.4 Å². The van der Waals surface area contributed by atoms with E-state index in [-0.39, 0.29) is 17.2 Å². The van der Waals surface area contributed by atoms with Crippen LogP contribution in [0.3, 0.4) is 0 Å². The van der Waals surface area contributed by atoms with Gasteiger partial charge in [-0.15, -0.1) is 0 Å². The van der Waals surface area contributed by atoms with Crippen molar-refractivity contribution in [3.05, 3.63) is 47.0 Å². The second-order valence-corrected chi connectivity index (χ2v) is 5.61. The maximum atomic E-state index is 14.2. The lowest BCUT2D eigenvalue weighted by atomic mass is 10.1. The number of nitrogens with zero attached hydrogens (tertiary/aromatic N) is 3. The first-order chi connectivity index (χ1) is 11.7. The number of amides is 1. The van der Waals surface area contributed by atoms with E-state index in [1.54, 1.807) is 0 Å². The fourth-order valence-corrected chi connectivity index (χ4v) is 2.59. The average molecular weight is 355 g/mol. The predicted molar refractivity (Wildman–Crippen MR) is 80.6 cm³/mol. The van der Waals surface area contributed by atoms with Gasteiger partial charge in [-0.25, -0.2) is 9.07 Å². The zero-order chi connectivity index (χ0) is 18.4. The molecule has 3 rings (SSSR count). The fraction of sp³-hybridized carbons (Fsp3) is 0.267. The minimum absolute atomic E-state index is 0.0488. The molecule has 0 bridgehead atoms. The summed E-state index contributed by atoms with van der Waals surface area (Å²) in [6.07, 6.45) is -2.45. The normalized spacial score (nSPS) is 14.4. The van der Waals surface area contributed by atoms with Gasteiger partial charge in [0.05, 0.1) is 23.0 Å². The van der Waals surface area contributed by atoms with E-state index in [9.17, 15) is 22.4 Å². The van der Waals surface area contributed by atoms with E-state index in [1.807, 2.05) is 0 Å². The number of carbonyl (C=O) groups is 1. The Balaban J connectivity index is 2.22. The topological polar surface area (TPSA) is 99.3 Å². The highest BCUT2D eigenvalue weighted by molar-refractivity contribution is 6.02. The van der Waals surface area contributed by atoms with Crippen LogP contribution in [0.4, 0.5) is 17.6 Å². The molecular formula is C15H13F4N5O. The summed E-state index contributed by atoms with van der Waals surface area (Å²) in [5.74, 6) is -2.63. The third-order valence-corrected chi connectivity index (χ3v) is 3.74. The molecule has 1 aliphatic rings. The molecule has 1 amide bonds. The highest BCUT2D eigenvalue weighted by atomic mass is 19.4. The van der Waals surface area contributed by atoms with Gasteiger partial charge in [-0.2, -0.15) is 23.3 Å². The van der Waals surface area contributed by atoms with Gasteiger partial charge in [0.2, 0.25) is 0 Å². The monoisotopic (exact) mass is 355 g/mol. The van der Waals surface area contributed by atoms with Crippen molar-refractivity contribution in [2.45, 2.75) is 24.9 Å². The van der Waals surface area contributed by atoms with Gasteiger partial charge in [-0.05, 0) is 25.0 Å². The van der Waals surface area contributed by atoms with Crippen LogP contribution in [0.5, 0.6) is 0 Å². The van der Waals surface area contributed by atoms with Crippen LogP contribution in [-0.4, -0.2) is 21.6 Å². The highest BCUT2D eigenvalue weighted by Crippen LogP contribution is 2.44. The third-order valence-electron chi connectivity index (χ3n) is 3.74. The molecule has 25 heavy (non-hydrogen) atoms. The molecule has 0 aliphatic heterocycles. The Morgan fingerprint density at radius 3 is 2.52 bits per heavy atom. The molecule has 1 fully saturated rings. The van der Waals surface area contributed by atoms with Gasteiger partial charge in [-0.3, -0.25) is 4.79 Å². The molecule has 0 radical (unpaired) electrons.